The van der Waals surface area contributed by atoms with Gasteiger partial charge in [0.2, 0.25) is 0 Å². The lowest BCUT2D eigenvalue weighted by atomic mass is 10.1. The zero-order chi connectivity index (χ0) is 9.19. The minimum atomic E-state index is -0.695. The fraction of sp³-hybridized carbons (Fsp3) is 0.667. The van der Waals surface area contributed by atoms with Gasteiger partial charge in [0.05, 0.1) is 0 Å². The van der Waals surface area contributed by atoms with Gasteiger partial charge in [-0.15, -0.1) is 0 Å². The normalized spacial score (nSPS) is 20.4. The molecule has 0 spiro atoms. The fourth-order valence-electron chi connectivity index (χ4n) is 1.51. The maximum absolute atomic E-state index is 10.9. The number of carbonyl (C=O) groups is 1. The van der Waals surface area contributed by atoms with Crippen molar-refractivity contribution in [1.29, 1.82) is 0 Å². The van der Waals surface area contributed by atoms with Crippen LogP contribution in [0.3, 0.4) is 0 Å². The third-order valence-electron chi connectivity index (χ3n) is 2.24. The zero-order valence-electron chi connectivity index (χ0n) is 7.30. The highest BCUT2D eigenvalue weighted by Crippen LogP contribution is 2.32. The van der Waals surface area contributed by atoms with E-state index in [1.54, 1.807) is 0 Å². The molecule has 0 atom stereocenters. The van der Waals surface area contributed by atoms with E-state index < -0.39 is 11.7 Å². The van der Waals surface area contributed by atoms with Gasteiger partial charge >= 0.3 is 5.97 Å². The van der Waals surface area contributed by atoms with Gasteiger partial charge in [0.1, 0.15) is 5.60 Å². The molecule has 0 aromatic heterocycles. The first-order chi connectivity index (χ1) is 5.53. The summed E-state index contributed by atoms with van der Waals surface area (Å²) in [6, 6.07) is 0. The highest BCUT2D eigenvalue weighted by atomic mass is 16.6. The molecule has 1 aliphatic rings. The maximum Gasteiger partial charge on any atom is 0.373 e. The second-order valence-corrected chi connectivity index (χ2v) is 3.49. The second-order valence-electron chi connectivity index (χ2n) is 3.49. The summed E-state index contributed by atoms with van der Waals surface area (Å²) in [4.78, 5) is 10.9. The Bertz CT molecular complexity index is 202. The molecule has 0 aromatic carbocycles. The minimum absolute atomic E-state index is 0.372. The molecule has 1 N–H and O–H groups in total. The van der Waals surface area contributed by atoms with Crippen LogP contribution in [0.25, 0.3) is 0 Å². The van der Waals surface area contributed by atoms with Crippen molar-refractivity contribution in [2.24, 2.45) is 0 Å². The Hall–Kier alpha value is -0.990. The molecule has 12 heavy (non-hydrogen) atoms. The van der Waals surface area contributed by atoms with Crippen LogP contribution in [0.5, 0.6) is 0 Å². The fourth-order valence-corrected chi connectivity index (χ4v) is 1.51. The molecule has 0 aromatic rings. The number of ether oxygens (including phenoxy) is 1. The first-order valence-electron chi connectivity index (χ1n) is 4.15. The maximum atomic E-state index is 10.9. The predicted octanol–water partition coefficient (Wildman–Crippen LogP) is 1.93. The van der Waals surface area contributed by atoms with Crippen LogP contribution in [0.1, 0.15) is 32.6 Å². The number of hydrogen-bond donors (Lipinski definition) is 1. The Balaban J connectivity index is 2.49. The summed E-state index contributed by atoms with van der Waals surface area (Å²) in [5, 5.41) is 8.73. The lowest BCUT2D eigenvalue weighted by Crippen LogP contribution is -2.28. The zero-order valence-corrected chi connectivity index (χ0v) is 7.30. The van der Waals surface area contributed by atoms with Gasteiger partial charge in [-0.1, -0.05) is 0 Å². The van der Waals surface area contributed by atoms with Crippen molar-refractivity contribution in [2.75, 3.05) is 0 Å². The van der Waals surface area contributed by atoms with Crippen LogP contribution in [0.15, 0.2) is 12.3 Å². The molecule has 0 radical (unpaired) electrons. The van der Waals surface area contributed by atoms with Gasteiger partial charge in [0.25, 0.3) is 0 Å². The predicted molar refractivity (Wildman–Crippen MR) is 44.7 cm³/mol. The summed E-state index contributed by atoms with van der Waals surface area (Å²) in [7, 11) is 0. The van der Waals surface area contributed by atoms with Crippen LogP contribution < -0.4 is 0 Å². The number of carbonyl (C=O) groups excluding carboxylic acids is 1. The molecule has 0 aliphatic heterocycles. The van der Waals surface area contributed by atoms with Crippen molar-refractivity contribution in [3.63, 3.8) is 0 Å². The second kappa shape index (κ2) is 3.17. The Morgan fingerprint density at radius 1 is 1.50 bits per heavy atom. The average molecular weight is 170 g/mol. The first kappa shape index (κ1) is 9.10. The molecule has 0 saturated heterocycles. The van der Waals surface area contributed by atoms with E-state index in [0.717, 1.165) is 25.7 Å². The smallest absolute Gasteiger partial charge is 0.373 e. The Morgan fingerprint density at radius 3 is 2.42 bits per heavy atom. The van der Waals surface area contributed by atoms with Crippen molar-refractivity contribution in [3.8, 4) is 0 Å². The van der Waals surface area contributed by atoms with Gasteiger partial charge in [-0.25, -0.2) is 4.79 Å². The Morgan fingerprint density at radius 2 is 2.00 bits per heavy atom. The number of hydrogen-bond acceptors (Lipinski definition) is 3. The van der Waals surface area contributed by atoms with Crippen LogP contribution >= 0.6 is 0 Å². The highest BCUT2D eigenvalue weighted by Gasteiger charge is 2.33. The van der Waals surface area contributed by atoms with Crippen LogP contribution in [-0.2, 0) is 9.53 Å². The van der Waals surface area contributed by atoms with E-state index in [9.17, 15) is 4.79 Å². The van der Waals surface area contributed by atoms with E-state index in [0.29, 0.717) is 0 Å². The van der Waals surface area contributed by atoms with Gasteiger partial charge in [-0.3, -0.25) is 0 Å². The van der Waals surface area contributed by atoms with E-state index in [4.69, 9.17) is 9.84 Å². The Labute approximate surface area is 72.0 Å². The van der Waals surface area contributed by atoms with E-state index in [2.05, 4.69) is 6.58 Å². The summed E-state index contributed by atoms with van der Waals surface area (Å²) in [6.45, 7) is 5.00. The molecule has 0 amide bonds. The van der Waals surface area contributed by atoms with E-state index in [1.807, 2.05) is 6.92 Å². The van der Waals surface area contributed by atoms with E-state index in [1.165, 1.54) is 0 Å². The molecule has 0 bridgehead atoms. The molecule has 0 unspecified atom stereocenters. The van der Waals surface area contributed by atoms with Gasteiger partial charge in [0.15, 0.2) is 5.76 Å². The van der Waals surface area contributed by atoms with E-state index in [-0.39, 0.29) is 5.60 Å². The molecule has 0 heterocycles. The lowest BCUT2D eigenvalue weighted by Gasteiger charge is -2.23. The molecule has 68 valence electrons. The van der Waals surface area contributed by atoms with Crippen molar-refractivity contribution in [1.82, 2.24) is 0 Å². The van der Waals surface area contributed by atoms with Crippen LogP contribution in [0, 0.1) is 0 Å². The van der Waals surface area contributed by atoms with Gasteiger partial charge in [0, 0.05) is 0 Å². The van der Waals surface area contributed by atoms with Crippen molar-refractivity contribution in [2.45, 2.75) is 38.2 Å². The Kier molecular flexibility index (Phi) is 2.40. The number of rotatable bonds is 2. The monoisotopic (exact) mass is 170 g/mol. The van der Waals surface area contributed by atoms with Crippen LogP contribution in [0.4, 0.5) is 0 Å². The summed E-state index contributed by atoms with van der Waals surface area (Å²) < 4.78 is 5.07. The molecular weight excluding hydrogens is 156 g/mol. The molecule has 1 aliphatic carbocycles. The topological polar surface area (TPSA) is 46.5 Å². The third-order valence-corrected chi connectivity index (χ3v) is 2.24. The quantitative estimate of drug-likeness (QED) is 0.391. The molecular formula is C9H14O3. The van der Waals surface area contributed by atoms with Crippen molar-refractivity contribution >= 4 is 5.97 Å². The summed E-state index contributed by atoms with van der Waals surface area (Å²) in [5.41, 5.74) is -0.372. The molecule has 3 heteroatoms. The molecule has 1 saturated carbocycles. The van der Waals surface area contributed by atoms with Crippen molar-refractivity contribution < 1.29 is 14.6 Å². The summed E-state index contributed by atoms with van der Waals surface area (Å²) in [6.07, 6.45) is 3.93. The SMILES string of the molecule is C=C(O)C(=O)OC1(C)CCCC1. The number of esters is 1. The van der Waals surface area contributed by atoms with E-state index >= 15 is 0 Å². The van der Waals surface area contributed by atoms with Crippen LogP contribution in [-0.4, -0.2) is 16.7 Å². The number of aliphatic hydroxyl groups excluding tert-OH is 1. The summed E-state index contributed by atoms with van der Waals surface area (Å²) >= 11 is 0. The standard InChI is InChI=1S/C9H14O3/c1-7(10)8(11)12-9(2)5-3-4-6-9/h10H,1,3-6H2,2H3. The number of aliphatic hydroxyl groups is 1. The molecule has 1 fully saturated rings. The highest BCUT2D eigenvalue weighted by molar-refractivity contribution is 5.85. The lowest BCUT2D eigenvalue weighted by molar-refractivity contribution is -0.155. The van der Waals surface area contributed by atoms with Gasteiger partial charge in [-0.05, 0) is 39.2 Å². The van der Waals surface area contributed by atoms with Gasteiger partial charge < -0.3 is 9.84 Å². The van der Waals surface area contributed by atoms with Gasteiger partial charge in [-0.2, -0.15) is 0 Å². The largest absolute Gasteiger partial charge is 0.502 e. The minimum Gasteiger partial charge on any atom is -0.502 e. The van der Waals surface area contributed by atoms with Crippen molar-refractivity contribution in [3.05, 3.63) is 12.3 Å². The molecule has 3 nitrogen and oxygen atoms in total. The average Bonchev–Trinajstić information content (AvgIpc) is 2.35. The third kappa shape index (κ3) is 2.00. The first-order valence-corrected chi connectivity index (χ1v) is 4.15. The summed E-state index contributed by atoms with van der Waals surface area (Å²) in [5.74, 6) is -1.21. The molecule has 1 rings (SSSR count). The van der Waals surface area contributed by atoms with Crippen LogP contribution in [0.2, 0.25) is 0 Å².